The number of benzene rings is 3. The highest BCUT2D eigenvalue weighted by atomic mass is 32.2. The number of ketones is 1. The minimum absolute atomic E-state index is 0.102. The third-order valence-corrected chi connectivity index (χ3v) is 4.89. The van der Waals surface area contributed by atoms with E-state index in [1.54, 1.807) is 48.5 Å². The van der Waals surface area contributed by atoms with Crippen molar-refractivity contribution in [2.75, 3.05) is 0 Å². The monoisotopic (exact) mass is 350 g/mol. The van der Waals surface area contributed by atoms with Crippen molar-refractivity contribution in [3.63, 3.8) is 0 Å². The molecule has 0 unspecified atom stereocenters. The molecule has 25 heavy (non-hydrogen) atoms. The van der Waals surface area contributed by atoms with Gasteiger partial charge in [-0.05, 0) is 35.9 Å². The molecule has 0 saturated carbocycles. The van der Waals surface area contributed by atoms with Crippen molar-refractivity contribution in [2.24, 2.45) is 0 Å². The Hall–Kier alpha value is -2.72. The van der Waals surface area contributed by atoms with Crippen molar-refractivity contribution in [1.29, 1.82) is 0 Å². The van der Waals surface area contributed by atoms with Gasteiger partial charge in [-0.3, -0.25) is 4.79 Å². The van der Waals surface area contributed by atoms with Crippen molar-refractivity contribution in [2.45, 2.75) is 16.2 Å². The average Bonchev–Trinajstić information content (AvgIpc) is 2.65. The van der Waals surface area contributed by atoms with E-state index < -0.39 is 0 Å². The van der Waals surface area contributed by atoms with Gasteiger partial charge in [0, 0.05) is 27.3 Å². The molecule has 0 amide bonds. The van der Waals surface area contributed by atoms with Crippen LogP contribution in [0.5, 0.6) is 0 Å². The quantitative estimate of drug-likeness (QED) is 0.466. The van der Waals surface area contributed by atoms with Crippen LogP contribution in [-0.4, -0.2) is 12.1 Å². The van der Waals surface area contributed by atoms with Gasteiger partial charge in [0.1, 0.15) is 12.1 Å². The molecule has 0 bridgehead atoms. The number of hydrogen-bond acceptors (Lipinski definition) is 3. The second kappa shape index (κ2) is 7.90. The summed E-state index contributed by atoms with van der Waals surface area (Å²) in [6.45, 7) is 0. The van der Waals surface area contributed by atoms with Crippen LogP contribution >= 0.6 is 11.8 Å². The van der Waals surface area contributed by atoms with E-state index in [1.807, 2.05) is 18.2 Å². The van der Waals surface area contributed by atoms with Crippen LogP contribution in [-0.2, 0) is 11.2 Å². The number of aldehydes is 1. The van der Waals surface area contributed by atoms with Gasteiger partial charge in [0.25, 0.3) is 0 Å². The zero-order valence-electron chi connectivity index (χ0n) is 13.3. The van der Waals surface area contributed by atoms with E-state index in [0.717, 1.165) is 11.2 Å². The molecule has 0 heterocycles. The van der Waals surface area contributed by atoms with Crippen LogP contribution in [0.2, 0.25) is 0 Å². The van der Waals surface area contributed by atoms with Crippen LogP contribution in [0.4, 0.5) is 4.39 Å². The second-order valence-corrected chi connectivity index (χ2v) is 6.50. The summed E-state index contributed by atoms with van der Waals surface area (Å²) < 4.78 is 13.9. The van der Waals surface area contributed by atoms with Gasteiger partial charge >= 0.3 is 0 Å². The number of carbonyl (C=O) groups excluding carboxylic acids is 2. The van der Waals surface area contributed by atoms with Gasteiger partial charge in [0.05, 0.1) is 0 Å². The molecule has 0 aliphatic heterocycles. The standard InChI is InChI=1S/C21H15FO2S/c22-18-8-4-5-9-20(18)25-19-11-10-17(14-16(19)12-13-23)21(24)15-6-2-1-3-7-15/h1-11,13-14H,12H2. The number of rotatable bonds is 6. The van der Waals surface area contributed by atoms with Crippen LogP contribution < -0.4 is 0 Å². The Balaban J connectivity index is 1.94. The molecule has 2 nitrogen and oxygen atoms in total. The maximum absolute atomic E-state index is 13.9. The first-order chi connectivity index (χ1) is 12.2. The van der Waals surface area contributed by atoms with Gasteiger partial charge in [-0.1, -0.05) is 54.2 Å². The highest BCUT2D eigenvalue weighted by Gasteiger charge is 2.13. The van der Waals surface area contributed by atoms with Crippen LogP contribution in [0, 0.1) is 5.82 Å². The molecular formula is C21H15FO2S. The van der Waals surface area contributed by atoms with E-state index in [4.69, 9.17) is 0 Å². The molecule has 3 aromatic rings. The minimum atomic E-state index is -0.311. The Kier molecular flexibility index (Phi) is 5.41. The Labute approximate surface area is 149 Å². The first-order valence-electron chi connectivity index (χ1n) is 7.77. The summed E-state index contributed by atoms with van der Waals surface area (Å²) in [6.07, 6.45) is 0.963. The predicted octanol–water partition coefficient (Wildman–Crippen LogP) is 4.95. The van der Waals surface area contributed by atoms with Gasteiger partial charge in [-0.2, -0.15) is 0 Å². The van der Waals surface area contributed by atoms with E-state index >= 15 is 0 Å². The Morgan fingerprint density at radius 3 is 2.32 bits per heavy atom. The summed E-state index contributed by atoms with van der Waals surface area (Å²) in [4.78, 5) is 24.8. The minimum Gasteiger partial charge on any atom is -0.303 e. The Morgan fingerprint density at radius 2 is 1.60 bits per heavy atom. The zero-order chi connectivity index (χ0) is 17.6. The molecule has 0 aliphatic rings. The Morgan fingerprint density at radius 1 is 0.880 bits per heavy atom. The lowest BCUT2D eigenvalue weighted by Crippen LogP contribution is -2.03. The van der Waals surface area contributed by atoms with Gasteiger partial charge in [-0.15, -0.1) is 0 Å². The Bertz CT molecular complexity index is 907. The summed E-state index contributed by atoms with van der Waals surface area (Å²) in [6, 6.07) is 20.7. The molecule has 0 saturated heterocycles. The van der Waals surface area contributed by atoms with Gasteiger partial charge < -0.3 is 4.79 Å². The topological polar surface area (TPSA) is 34.1 Å². The molecule has 0 radical (unpaired) electrons. The molecule has 0 aliphatic carbocycles. The molecular weight excluding hydrogens is 335 g/mol. The second-order valence-electron chi connectivity index (χ2n) is 5.42. The largest absolute Gasteiger partial charge is 0.303 e. The smallest absolute Gasteiger partial charge is 0.193 e. The van der Waals surface area contributed by atoms with Crippen molar-refractivity contribution >= 4 is 23.8 Å². The molecule has 0 N–H and O–H groups in total. The molecule has 0 atom stereocenters. The SMILES string of the molecule is O=CCc1cc(C(=O)c2ccccc2)ccc1Sc1ccccc1F. The van der Waals surface area contributed by atoms with Crippen molar-refractivity contribution in [1.82, 2.24) is 0 Å². The summed E-state index contributed by atoms with van der Waals surface area (Å²) in [5.74, 6) is -0.413. The molecule has 124 valence electrons. The number of carbonyl (C=O) groups is 2. The molecule has 0 aromatic heterocycles. The molecule has 3 aromatic carbocycles. The number of hydrogen-bond donors (Lipinski definition) is 0. The fourth-order valence-electron chi connectivity index (χ4n) is 2.47. The highest BCUT2D eigenvalue weighted by Crippen LogP contribution is 2.33. The number of halogens is 1. The van der Waals surface area contributed by atoms with Crippen LogP contribution in [0.1, 0.15) is 21.5 Å². The summed E-state index contributed by atoms with van der Waals surface area (Å²) >= 11 is 1.25. The predicted molar refractivity (Wildman–Crippen MR) is 96.6 cm³/mol. The fraction of sp³-hybridized carbons (Fsp3) is 0.0476. The first-order valence-corrected chi connectivity index (χ1v) is 8.59. The molecule has 0 fully saturated rings. The maximum atomic E-state index is 13.9. The summed E-state index contributed by atoms with van der Waals surface area (Å²) in [5.41, 5.74) is 1.82. The van der Waals surface area contributed by atoms with E-state index in [-0.39, 0.29) is 18.0 Å². The van der Waals surface area contributed by atoms with Crippen molar-refractivity contribution in [3.8, 4) is 0 Å². The van der Waals surface area contributed by atoms with Crippen LogP contribution in [0.25, 0.3) is 0 Å². The van der Waals surface area contributed by atoms with Crippen molar-refractivity contribution in [3.05, 3.63) is 95.3 Å². The van der Waals surface area contributed by atoms with Crippen LogP contribution in [0.15, 0.2) is 82.6 Å². The van der Waals surface area contributed by atoms with Gasteiger partial charge in [-0.25, -0.2) is 4.39 Å². The third-order valence-electron chi connectivity index (χ3n) is 3.72. The maximum Gasteiger partial charge on any atom is 0.193 e. The van der Waals surface area contributed by atoms with E-state index in [0.29, 0.717) is 21.6 Å². The zero-order valence-corrected chi connectivity index (χ0v) is 14.1. The summed E-state index contributed by atoms with van der Waals surface area (Å²) in [7, 11) is 0. The highest BCUT2D eigenvalue weighted by molar-refractivity contribution is 7.99. The molecule has 0 spiro atoms. The van der Waals surface area contributed by atoms with E-state index in [9.17, 15) is 14.0 Å². The van der Waals surface area contributed by atoms with E-state index in [2.05, 4.69) is 0 Å². The molecule has 3 rings (SSSR count). The first kappa shape index (κ1) is 17.1. The third kappa shape index (κ3) is 4.03. The fourth-order valence-corrected chi connectivity index (χ4v) is 3.43. The lowest BCUT2D eigenvalue weighted by molar-refractivity contribution is -0.107. The van der Waals surface area contributed by atoms with Gasteiger partial charge in [0.2, 0.25) is 0 Å². The lowest BCUT2D eigenvalue weighted by Gasteiger charge is -2.10. The molecule has 4 heteroatoms. The average molecular weight is 350 g/mol. The van der Waals surface area contributed by atoms with Gasteiger partial charge in [0.15, 0.2) is 5.78 Å². The van der Waals surface area contributed by atoms with E-state index in [1.165, 1.54) is 17.8 Å². The normalized spacial score (nSPS) is 10.4. The van der Waals surface area contributed by atoms with Crippen molar-refractivity contribution < 1.29 is 14.0 Å². The summed E-state index contributed by atoms with van der Waals surface area (Å²) in [5, 5.41) is 0. The lowest BCUT2D eigenvalue weighted by atomic mass is 10.0. The van der Waals surface area contributed by atoms with Crippen LogP contribution in [0.3, 0.4) is 0 Å².